The van der Waals surface area contributed by atoms with Crippen molar-refractivity contribution in [3.05, 3.63) is 123 Å². The molecule has 0 aliphatic carbocycles. The lowest BCUT2D eigenvalue weighted by Gasteiger charge is -2.32. The van der Waals surface area contributed by atoms with Crippen LogP contribution in [0.2, 0.25) is 0 Å². The number of nitro benzene ring substituents is 1. The number of anilines is 1. The van der Waals surface area contributed by atoms with Gasteiger partial charge in [0.15, 0.2) is 0 Å². The first kappa shape index (κ1) is 26.4. The van der Waals surface area contributed by atoms with Crippen molar-refractivity contribution in [2.75, 3.05) is 18.1 Å². The summed E-state index contributed by atoms with van der Waals surface area (Å²) in [5.41, 5.74) is 5.36. The third-order valence-electron chi connectivity index (χ3n) is 6.95. The third kappa shape index (κ3) is 5.63. The second-order valence-electron chi connectivity index (χ2n) is 9.54. The first-order valence-corrected chi connectivity index (χ1v) is 12.8. The number of nitrogens with zero attached hydrogens (tertiary/aromatic N) is 2. The average molecular weight is 538 g/mol. The fraction of sp³-hybridized carbons (Fsp3) is 0.161. The number of nitrogens with one attached hydrogen (secondary N) is 1. The molecule has 4 aromatic carbocycles. The van der Waals surface area contributed by atoms with E-state index in [1.807, 2.05) is 43.3 Å². The SMILES string of the molecule is C[C@H](NC(=O)c1ccc2c(c1)OCCN2Cc1ccccc1-c1ccc(C(=O)O)cc1)c1ccc([N+](=O)[O-])cc1. The number of non-ortho nitro benzene ring substituents is 1. The van der Waals surface area contributed by atoms with Gasteiger partial charge in [0.2, 0.25) is 0 Å². The molecule has 1 amide bonds. The standard InChI is InChI=1S/C31H27N3O6/c1-20(21-10-13-26(14-11-21)34(38)39)32-30(35)24-12-15-28-29(18-24)40-17-16-33(28)19-25-4-2-3-5-27(25)22-6-8-23(9-7-22)31(36)37/h2-15,18,20H,16-17,19H2,1H3,(H,32,35)(H,36,37)/t20-/m0/s1. The van der Waals surface area contributed by atoms with Crippen molar-refractivity contribution in [1.82, 2.24) is 5.32 Å². The highest BCUT2D eigenvalue weighted by atomic mass is 16.6. The monoisotopic (exact) mass is 537 g/mol. The van der Waals surface area contributed by atoms with E-state index in [0.717, 1.165) is 27.9 Å². The summed E-state index contributed by atoms with van der Waals surface area (Å²) in [6.07, 6.45) is 0. The highest BCUT2D eigenvalue weighted by Crippen LogP contribution is 2.35. The van der Waals surface area contributed by atoms with Gasteiger partial charge in [0.05, 0.1) is 28.8 Å². The lowest BCUT2D eigenvalue weighted by atomic mass is 9.98. The summed E-state index contributed by atoms with van der Waals surface area (Å²) in [7, 11) is 0. The molecule has 40 heavy (non-hydrogen) atoms. The lowest BCUT2D eigenvalue weighted by Crippen LogP contribution is -2.33. The quantitative estimate of drug-likeness (QED) is 0.214. The number of hydrogen-bond acceptors (Lipinski definition) is 6. The predicted octanol–water partition coefficient (Wildman–Crippen LogP) is 5.85. The molecule has 0 saturated carbocycles. The van der Waals surface area contributed by atoms with Crippen LogP contribution in [0.4, 0.5) is 11.4 Å². The minimum absolute atomic E-state index is 0.00242. The Bertz CT molecular complexity index is 1570. The zero-order chi connectivity index (χ0) is 28.2. The Morgan fingerprint density at radius 2 is 1.70 bits per heavy atom. The highest BCUT2D eigenvalue weighted by Gasteiger charge is 2.22. The molecule has 4 aromatic rings. The molecule has 2 N–H and O–H groups in total. The molecule has 202 valence electrons. The summed E-state index contributed by atoms with van der Waals surface area (Å²) in [6.45, 7) is 3.56. The number of benzene rings is 4. The molecule has 5 rings (SSSR count). The number of carbonyl (C=O) groups excluding carboxylic acids is 1. The number of hydrogen-bond donors (Lipinski definition) is 2. The fourth-order valence-electron chi connectivity index (χ4n) is 4.77. The van der Waals surface area contributed by atoms with Crippen LogP contribution in [0.3, 0.4) is 0 Å². The molecule has 1 aliphatic heterocycles. The number of nitro groups is 1. The molecule has 1 heterocycles. The van der Waals surface area contributed by atoms with Gasteiger partial charge in [-0.1, -0.05) is 48.5 Å². The van der Waals surface area contributed by atoms with Crippen LogP contribution in [-0.2, 0) is 6.54 Å². The highest BCUT2D eigenvalue weighted by molar-refractivity contribution is 5.95. The molecule has 0 radical (unpaired) electrons. The maximum Gasteiger partial charge on any atom is 0.335 e. The number of carboxylic acids is 1. The van der Waals surface area contributed by atoms with Gasteiger partial charge in [0.25, 0.3) is 11.6 Å². The molecule has 9 heteroatoms. The van der Waals surface area contributed by atoms with Crippen LogP contribution in [0, 0.1) is 10.1 Å². The first-order chi connectivity index (χ1) is 19.3. The van der Waals surface area contributed by atoms with Crippen molar-refractivity contribution in [2.24, 2.45) is 0 Å². The minimum Gasteiger partial charge on any atom is -0.490 e. The molecule has 0 spiro atoms. The van der Waals surface area contributed by atoms with Gasteiger partial charge in [-0.2, -0.15) is 0 Å². The van der Waals surface area contributed by atoms with Crippen molar-refractivity contribution < 1.29 is 24.4 Å². The molecular weight excluding hydrogens is 510 g/mol. The Labute approximate surface area is 230 Å². The van der Waals surface area contributed by atoms with Crippen LogP contribution in [0.15, 0.2) is 91.0 Å². The second kappa shape index (κ2) is 11.3. The smallest absolute Gasteiger partial charge is 0.335 e. The van der Waals surface area contributed by atoms with Gasteiger partial charge in [-0.15, -0.1) is 0 Å². The molecule has 1 atom stereocenters. The number of carbonyl (C=O) groups is 2. The molecule has 0 bridgehead atoms. The maximum absolute atomic E-state index is 13.0. The summed E-state index contributed by atoms with van der Waals surface area (Å²) < 4.78 is 5.92. The summed E-state index contributed by atoms with van der Waals surface area (Å²) in [5, 5.41) is 23.1. The van der Waals surface area contributed by atoms with E-state index in [9.17, 15) is 24.8 Å². The van der Waals surface area contributed by atoms with Crippen LogP contribution < -0.4 is 15.0 Å². The third-order valence-corrected chi connectivity index (χ3v) is 6.95. The van der Waals surface area contributed by atoms with E-state index >= 15 is 0 Å². The summed E-state index contributed by atoms with van der Waals surface area (Å²) in [4.78, 5) is 36.9. The first-order valence-electron chi connectivity index (χ1n) is 12.8. The van der Waals surface area contributed by atoms with Crippen LogP contribution in [0.5, 0.6) is 5.75 Å². The number of aromatic carboxylic acids is 1. The Hall–Kier alpha value is -5.18. The fourth-order valence-corrected chi connectivity index (χ4v) is 4.77. The lowest BCUT2D eigenvalue weighted by molar-refractivity contribution is -0.384. The van der Waals surface area contributed by atoms with Crippen LogP contribution in [-0.4, -0.2) is 35.1 Å². The number of rotatable bonds is 8. The van der Waals surface area contributed by atoms with Crippen LogP contribution >= 0.6 is 0 Å². The molecule has 9 nitrogen and oxygen atoms in total. The van der Waals surface area contributed by atoms with Gasteiger partial charge in [-0.3, -0.25) is 14.9 Å². The predicted molar refractivity (Wildman–Crippen MR) is 151 cm³/mol. The molecule has 1 aliphatic rings. The molecule has 0 fully saturated rings. The van der Waals surface area contributed by atoms with Crippen molar-refractivity contribution >= 4 is 23.3 Å². The van der Waals surface area contributed by atoms with Gasteiger partial charge < -0.3 is 20.1 Å². The Morgan fingerprint density at radius 3 is 2.40 bits per heavy atom. The second-order valence-corrected chi connectivity index (χ2v) is 9.54. The molecule has 0 aromatic heterocycles. The van der Waals surface area contributed by atoms with Gasteiger partial charge >= 0.3 is 5.97 Å². The van der Waals surface area contributed by atoms with Crippen molar-refractivity contribution in [1.29, 1.82) is 0 Å². The van der Waals surface area contributed by atoms with Crippen molar-refractivity contribution in [3.63, 3.8) is 0 Å². The summed E-state index contributed by atoms with van der Waals surface area (Å²) in [5.74, 6) is -0.617. The average Bonchev–Trinajstić information content (AvgIpc) is 2.97. The number of fused-ring (bicyclic) bond motifs is 1. The van der Waals surface area contributed by atoms with Gasteiger partial charge in [-0.25, -0.2) is 4.79 Å². The topological polar surface area (TPSA) is 122 Å². The van der Waals surface area contributed by atoms with Gasteiger partial charge in [-0.05, 0) is 59.5 Å². The zero-order valence-corrected chi connectivity index (χ0v) is 21.7. The largest absolute Gasteiger partial charge is 0.490 e. The van der Waals surface area contributed by atoms with E-state index in [-0.39, 0.29) is 23.2 Å². The normalized spacial score (nSPS) is 13.1. The van der Waals surface area contributed by atoms with E-state index < -0.39 is 10.9 Å². The molecule has 0 unspecified atom stereocenters. The van der Waals surface area contributed by atoms with Gasteiger partial charge in [0, 0.05) is 24.2 Å². The molecule has 0 saturated heterocycles. The number of carboxylic acid groups (broad SMARTS) is 1. The van der Waals surface area contributed by atoms with E-state index in [2.05, 4.69) is 16.3 Å². The number of ether oxygens (including phenoxy) is 1. The van der Waals surface area contributed by atoms with Crippen LogP contribution in [0.25, 0.3) is 11.1 Å². The van der Waals surface area contributed by atoms with E-state index in [0.29, 0.717) is 31.0 Å². The Balaban J connectivity index is 1.32. The Morgan fingerprint density at radius 1 is 1.00 bits per heavy atom. The molecular formula is C31H27N3O6. The van der Waals surface area contributed by atoms with E-state index in [1.54, 1.807) is 36.4 Å². The summed E-state index contributed by atoms with van der Waals surface area (Å²) >= 11 is 0. The minimum atomic E-state index is -0.960. The van der Waals surface area contributed by atoms with E-state index in [4.69, 9.17) is 4.74 Å². The maximum atomic E-state index is 13.0. The summed E-state index contributed by atoms with van der Waals surface area (Å²) in [6, 6.07) is 26.0. The van der Waals surface area contributed by atoms with Gasteiger partial charge in [0.1, 0.15) is 12.4 Å². The number of amides is 1. The van der Waals surface area contributed by atoms with E-state index in [1.165, 1.54) is 12.1 Å². The van der Waals surface area contributed by atoms with Crippen molar-refractivity contribution in [3.8, 4) is 16.9 Å². The van der Waals surface area contributed by atoms with Crippen molar-refractivity contribution in [2.45, 2.75) is 19.5 Å². The Kier molecular flexibility index (Phi) is 7.46. The zero-order valence-electron chi connectivity index (χ0n) is 21.7. The van der Waals surface area contributed by atoms with Crippen LogP contribution in [0.1, 0.15) is 44.8 Å².